The van der Waals surface area contributed by atoms with Gasteiger partial charge in [0.25, 0.3) is 11.9 Å². The molecule has 0 radical (unpaired) electrons. The van der Waals surface area contributed by atoms with Crippen LogP contribution in [0.1, 0.15) is 9.67 Å². The third-order valence-electron chi connectivity index (χ3n) is 2.76. The van der Waals surface area contributed by atoms with Crippen LogP contribution in [-0.2, 0) is 4.74 Å². The molecule has 0 unspecified atom stereocenters. The molecule has 1 aromatic rings. The maximum atomic E-state index is 12.2. The van der Waals surface area contributed by atoms with Crippen molar-refractivity contribution in [2.24, 2.45) is 0 Å². The van der Waals surface area contributed by atoms with Crippen LogP contribution in [0.4, 0.5) is 0 Å². The molecule has 84 valence electrons. The fourth-order valence-electron chi connectivity index (χ4n) is 1.99. The minimum Gasteiger partial charge on any atom is -0.459 e. The molecular formula is C10H10N2O2S2. The Labute approximate surface area is 101 Å². The zero-order valence-corrected chi connectivity index (χ0v) is 10.0. The highest BCUT2D eigenvalue weighted by molar-refractivity contribution is 7.99. The van der Waals surface area contributed by atoms with Crippen LogP contribution < -0.4 is 0 Å². The molecule has 2 fully saturated rings. The molecule has 4 nitrogen and oxygen atoms in total. The quantitative estimate of drug-likeness (QED) is 0.829. The van der Waals surface area contributed by atoms with E-state index in [2.05, 4.69) is 0 Å². The number of amides is 1. The Morgan fingerprint density at radius 2 is 2.44 bits per heavy atom. The fourth-order valence-corrected chi connectivity index (χ4v) is 3.91. The lowest BCUT2D eigenvalue weighted by molar-refractivity contribution is 0.0828. The van der Waals surface area contributed by atoms with Gasteiger partial charge in [-0.1, -0.05) is 6.07 Å². The lowest BCUT2D eigenvalue weighted by Gasteiger charge is -2.18. The van der Waals surface area contributed by atoms with E-state index in [-0.39, 0.29) is 24.1 Å². The molecule has 0 saturated carbocycles. The summed E-state index contributed by atoms with van der Waals surface area (Å²) in [7, 11) is 0. The summed E-state index contributed by atoms with van der Waals surface area (Å²) in [6.07, 6.45) is 0.0152. The first-order valence-corrected chi connectivity index (χ1v) is 7.01. The summed E-state index contributed by atoms with van der Waals surface area (Å²) in [5, 5.41) is 9.58. The maximum Gasteiger partial charge on any atom is 0.292 e. The number of nitrogens with zero attached hydrogens (tertiary/aromatic N) is 1. The second-order valence-electron chi connectivity index (χ2n) is 3.72. The highest BCUT2D eigenvalue weighted by Gasteiger charge is 2.46. The summed E-state index contributed by atoms with van der Waals surface area (Å²) in [5.74, 6) is 1.64. The van der Waals surface area contributed by atoms with Crippen LogP contribution >= 0.6 is 23.1 Å². The van der Waals surface area contributed by atoms with Crippen molar-refractivity contribution in [3.05, 3.63) is 22.4 Å². The number of nitrogens with one attached hydrogen (secondary N) is 1. The lowest BCUT2D eigenvalue weighted by atomic mass is 10.2. The SMILES string of the molecule is N=C1O[C@H]2CSC[C@@H]2N1C(=O)c1cccs1. The second-order valence-corrected chi connectivity index (χ2v) is 5.74. The molecule has 2 atom stereocenters. The van der Waals surface area contributed by atoms with Crippen molar-refractivity contribution in [1.82, 2.24) is 4.90 Å². The normalized spacial score (nSPS) is 28.0. The van der Waals surface area contributed by atoms with Crippen molar-refractivity contribution in [2.75, 3.05) is 11.5 Å². The predicted molar refractivity (Wildman–Crippen MR) is 64.2 cm³/mol. The van der Waals surface area contributed by atoms with Gasteiger partial charge in [-0.05, 0) is 11.4 Å². The van der Waals surface area contributed by atoms with Gasteiger partial charge in [-0.3, -0.25) is 15.1 Å². The summed E-state index contributed by atoms with van der Waals surface area (Å²) >= 11 is 3.18. The number of rotatable bonds is 1. The van der Waals surface area contributed by atoms with E-state index in [9.17, 15) is 4.79 Å². The Balaban J connectivity index is 1.89. The minimum atomic E-state index is -0.102. The molecule has 6 heteroatoms. The predicted octanol–water partition coefficient (Wildman–Crippen LogP) is 1.64. The molecule has 1 amide bonds. The van der Waals surface area contributed by atoms with E-state index >= 15 is 0 Å². The zero-order valence-electron chi connectivity index (χ0n) is 8.38. The molecule has 0 bridgehead atoms. The van der Waals surface area contributed by atoms with Gasteiger partial charge in [-0.15, -0.1) is 11.3 Å². The van der Waals surface area contributed by atoms with E-state index in [1.54, 1.807) is 17.8 Å². The van der Waals surface area contributed by atoms with Crippen molar-refractivity contribution in [2.45, 2.75) is 12.1 Å². The molecule has 0 spiro atoms. The first-order chi connectivity index (χ1) is 7.77. The minimum absolute atomic E-state index is 0.00806. The summed E-state index contributed by atoms with van der Waals surface area (Å²) in [6.45, 7) is 0. The number of ether oxygens (including phenoxy) is 1. The Morgan fingerprint density at radius 3 is 3.19 bits per heavy atom. The largest absolute Gasteiger partial charge is 0.459 e. The van der Waals surface area contributed by atoms with E-state index < -0.39 is 0 Å². The van der Waals surface area contributed by atoms with E-state index in [1.165, 1.54) is 16.2 Å². The van der Waals surface area contributed by atoms with Gasteiger partial charge < -0.3 is 4.74 Å². The Bertz CT molecular complexity index is 432. The summed E-state index contributed by atoms with van der Waals surface area (Å²) in [5.41, 5.74) is 0. The number of hydrogen-bond acceptors (Lipinski definition) is 5. The second kappa shape index (κ2) is 3.78. The highest BCUT2D eigenvalue weighted by Crippen LogP contribution is 2.32. The average Bonchev–Trinajstić information content (AvgIpc) is 2.89. The molecule has 1 N–H and O–H groups in total. The van der Waals surface area contributed by atoms with Gasteiger partial charge in [-0.2, -0.15) is 11.8 Å². The van der Waals surface area contributed by atoms with Gasteiger partial charge in [0.15, 0.2) is 0 Å². The monoisotopic (exact) mass is 254 g/mol. The number of thioether (sulfide) groups is 1. The van der Waals surface area contributed by atoms with Gasteiger partial charge in [0, 0.05) is 11.5 Å². The molecule has 2 aliphatic heterocycles. The van der Waals surface area contributed by atoms with Gasteiger partial charge in [0.05, 0.1) is 10.9 Å². The summed E-state index contributed by atoms with van der Waals surface area (Å²) < 4.78 is 5.39. The first kappa shape index (κ1) is 10.2. The van der Waals surface area contributed by atoms with Gasteiger partial charge in [0.2, 0.25) is 0 Å². The van der Waals surface area contributed by atoms with Crippen molar-refractivity contribution >= 4 is 35.0 Å². The zero-order chi connectivity index (χ0) is 11.1. The number of carbonyl (C=O) groups is 1. The molecule has 16 heavy (non-hydrogen) atoms. The van der Waals surface area contributed by atoms with Crippen molar-refractivity contribution in [3.63, 3.8) is 0 Å². The van der Waals surface area contributed by atoms with Crippen LogP contribution in [0.25, 0.3) is 0 Å². The Hall–Kier alpha value is -1.01. The van der Waals surface area contributed by atoms with Gasteiger partial charge in [-0.25, -0.2) is 0 Å². The lowest BCUT2D eigenvalue weighted by Crippen LogP contribution is -2.40. The Morgan fingerprint density at radius 1 is 1.56 bits per heavy atom. The van der Waals surface area contributed by atoms with Crippen LogP contribution in [-0.4, -0.2) is 40.5 Å². The highest BCUT2D eigenvalue weighted by atomic mass is 32.2. The number of amidine groups is 1. The third-order valence-corrected chi connectivity index (χ3v) is 4.76. The van der Waals surface area contributed by atoms with E-state index in [0.717, 1.165) is 11.5 Å². The van der Waals surface area contributed by atoms with Gasteiger partial charge >= 0.3 is 0 Å². The maximum absolute atomic E-state index is 12.2. The molecule has 0 aliphatic carbocycles. The first-order valence-electron chi connectivity index (χ1n) is 4.97. The third kappa shape index (κ3) is 1.44. The molecular weight excluding hydrogens is 244 g/mol. The number of carbonyl (C=O) groups excluding carboxylic acids is 1. The average molecular weight is 254 g/mol. The van der Waals surface area contributed by atoms with Crippen molar-refractivity contribution < 1.29 is 9.53 Å². The van der Waals surface area contributed by atoms with Crippen LogP contribution in [0.15, 0.2) is 17.5 Å². The van der Waals surface area contributed by atoms with Crippen LogP contribution in [0.5, 0.6) is 0 Å². The van der Waals surface area contributed by atoms with E-state index in [1.807, 2.05) is 11.4 Å². The number of hydrogen-bond donors (Lipinski definition) is 1. The van der Waals surface area contributed by atoms with Crippen molar-refractivity contribution in [1.29, 1.82) is 5.41 Å². The van der Waals surface area contributed by atoms with Crippen LogP contribution in [0.2, 0.25) is 0 Å². The van der Waals surface area contributed by atoms with Crippen molar-refractivity contribution in [3.8, 4) is 0 Å². The molecule has 2 saturated heterocycles. The molecule has 2 aliphatic rings. The topological polar surface area (TPSA) is 53.4 Å². The standard InChI is InChI=1S/C10H10N2O2S2/c11-10-12(6-4-15-5-7(6)14-10)9(13)8-2-1-3-16-8/h1-3,6-7,11H,4-5H2/t6-,7-/m0/s1. The van der Waals surface area contributed by atoms with E-state index in [0.29, 0.717) is 4.88 Å². The summed E-state index contributed by atoms with van der Waals surface area (Å²) in [4.78, 5) is 14.3. The van der Waals surface area contributed by atoms with Crippen LogP contribution in [0, 0.1) is 5.41 Å². The smallest absolute Gasteiger partial charge is 0.292 e. The molecule has 1 aromatic heterocycles. The summed E-state index contributed by atoms with van der Waals surface area (Å²) in [6, 6.07) is 3.69. The van der Waals surface area contributed by atoms with Crippen LogP contribution in [0.3, 0.4) is 0 Å². The molecule has 0 aromatic carbocycles. The van der Waals surface area contributed by atoms with Gasteiger partial charge in [0.1, 0.15) is 6.10 Å². The van der Waals surface area contributed by atoms with E-state index in [4.69, 9.17) is 10.1 Å². The Kier molecular flexibility index (Phi) is 2.40. The fraction of sp³-hybridized carbons (Fsp3) is 0.400. The number of fused-ring (bicyclic) bond motifs is 1. The molecule has 3 rings (SSSR count). The number of thiophene rings is 1. The molecule has 3 heterocycles.